The van der Waals surface area contributed by atoms with E-state index in [-0.39, 0.29) is 65.6 Å². The van der Waals surface area contributed by atoms with Crippen LogP contribution in [0.5, 0.6) is 5.75 Å². The Hall–Kier alpha value is -4.27. The highest BCUT2D eigenvalue weighted by Gasteiger charge is 2.59. The number of hydrogen-bond acceptors (Lipinski definition) is 11. The summed E-state index contributed by atoms with van der Waals surface area (Å²) in [5.41, 5.74) is 0.155. The lowest BCUT2D eigenvalue weighted by molar-refractivity contribution is -0.147. The molecule has 0 aliphatic heterocycles. The maximum atomic E-state index is 13.2. The molecule has 3 N–H and O–H groups in total. The predicted molar refractivity (Wildman–Crippen MR) is 219 cm³/mol. The number of esters is 1. The number of fused-ring (bicyclic) bond motifs is 5. The molecule has 6 rings (SSSR count). The van der Waals surface area contributed by atoms with Crippen molar-refractivity contribution >= 4 is 23.7 Å². The van der Waals surface area contributed by atoms with Crippen molar-refractivity contribution in [2.75, 3.05) is 13.2 Å². The largest absolute Gasteiger partial charge is 0.509 e. The number of allylic oxidation sites excluding steroid dienone is 5. The van der Waals surface area contributed by atoms with Crippen LogP contribution in [-0.4, -0.2) is 82.2 Å². The molecule has 3 fully saturated rings. The summed E-state index contributed by atoms with van der Waals surface area (Å²) < 4.78 is 59.3. The van der Waals surface area contributed by atoms with E-state index in [1.165, 1.54) is 29.4 Å². The van der Waals surface area contributed by atoms with Crippen molar-refractivity contribution < 1.29 is 66.6 Å². The number of carbonyl (C=O) groups is 4. The SMILES string of the molecule is C=CC(COc1cccc(C(F)(F)F)c1)OC(=O)OCC(=O)C1CCC2C3CCC4=CC(=O)CCC4(C)C3=CCC12O.CC(C)OC(=O)CCC/C=C\CC1CC(O)CC1O. The normalized spacial score (nSPS) is 29.8. The van der Waals surface area contributed by atoms with Gasteiger partial charge in [0.1, 0.15) is 12.4 Å². The number of rotatable bonds is 15. The van der Waals surface area contributed by atoms with Gasteiger partial charge in [0.15, 0.2) is 24.3 Å². The summed E-state index contributed by atoms with van der Waals surface area (Å²) in [5, 5.41) is 30.9. The average Bonchev–Trinajstić information content (AvgIpc) is 3.73. The molecule has 9 unspecified atom stereocenters. The molecule has 0 aromatic heterocycles. The molecule has 11 nitrogen and oxygen atoms in total. The first-order valence-corrected chi connectivity index (χ1v) is 21.5. The van der Waals surface area contributed by atoms with Gasteiger partial charge in [-0.15, -0.1) is 0 Å². The number of alkyl halides is 3. The minimum atomic E-state index is -4.53. The predicted octanol–water partition coefficient (Wildman–Crippen LogP) is 8.34. The number of carbonyl (C=O) groups excluding carboxylic acids is 4. The summed E-state index contributed by atoms with van der Waals surface area (Å²) in [4.78, 5) is 48.8. The Morgan fingerprint density at radius 2 is 1.82 bits per heavy atom. The maximum absolute atomic E-state index is 13.2. The van der Waals surface area contributed by atoms with E-state index in [9.17, 15) is 47.7 Å². The molecule has 14 heteroatoms. The lowest BCUT2D eigenvalue weighted by Crippen LogP contribution is -2.51. The third kappa shape index (κ3) is 12.2. The number of unbranched alkanes of at least 4 members (excludes halogenated alkanes) is 1. The molecule has 5 aliphatic rings. The van der Waals surface area contributed by atoms with Crippen LogP contribution in [0.4, 0.5) is 18.0 Å². The Labute approximate surface area is 356 Å². The van der Waals surface area contributed by atoms with Gasteiger partial charge in [-0.3, -0.25) is 14.4 Å². The Balaban J connectivity index is 0.000000311. The summed E-state index contributed by atoms with van der Waals surface area (Å²) in [6, 6.07) is 4.29. The van der Waals surface area contributed by atoms with E-state index in [0.29, 0.717) is 44.9 Å². The number of halogens is 3. The molecular formula is C47H61F3O11. The second-order valence-corrected chi connectivity index (χ2v) is 17.5. The average molecular weight is 859 g/mol. The van der Waals surface area contributed by atoms with E-state index in [1.807, 2.05) is 26.0 Å². The van der Waals surface area contributed by atoms with Crippen LogP contribution in [0.2, 0.25) is 0 Å². The number of hydrogen-bond donors (Lipinski definition) is 3. The van der Waals surface area contributed by atoms with Crippen LogP contribution in [-0.2, 0) is 34.8 Å². The van der Waals surface area contributed by atoms with Crippen LogP contribution in [0.25, 0.3) is 0 Å². The summed E-state index contributed by atoms with van der Waals surface area (Å²) in [6.45, 7) is 8.54. The van der Waals surface area contributed by atoms with Crippen molar-refractivity contribution in [1.29, 1.82) is 0 Å². The fourth-order valence-corrected chi connectivity index (χ4v) is 9.85. The first kappa shape index (κ1) is 47.8. The number of aliphatic hydroxyl groups excluding tert-OH is 2. The summed E-state index contributed by atoms with van der Waals surface area (Å²) in [5.74, 6) is -0.897. The molecule has 0 heterocycles. The van der Waals surface area contributed by atoms with Gasteiger partial charge in [0.05, 0.1) is 35.4 Å². The van der Waals surface area contributed by atoms with Gasteiger partial charge < -0.3 is 34.3 Å². The molecule has 1 aromatic rings. The monoisotopic (exact) mass is 858 g/mol. The highest BCUT2D eigenvalue weighted by molar-refractivity contribution is 5.92. The lowest BCUT2D eigenvalue weighted by atomic mass is 9.53. The zero-order chi connectivity index (χ0) is 44.5. The number of ketones is 2. The number of benzene rings is 1. The second-order valence-electron chi connectivity index (χ2n) is 17.5. The van der Waals surface area contributed by atoms with E-state index in [0.717, 1.165) is 50.7 Å². The van der Waals surface area contributed by atoms with E-state index in [1.54, 1.807) is 6.08 Å². The molecule has 9 atom stereocenters. The second kappa shape index (κ2) is 20.7. The zero-order valence-corrected chi connectivity index (χ0v) is 35.4. The van der Waals surface area contributed by atoms with Crippen molar-refractivity contribution in [3.05, 3.63) is 77.9 Å². The summed E-state index contributed by atoms with van der Waals surface area (Å²) in [7, 11) is 0. The molecule has 0 saturated heterocycles. The standard InChI is InChI=1S/C32H35F3O7.C15H26O4/c1-3-22(17-40-23-6-4-5-20(16-23)32(33,34)35)42-29(38)41-18-28(37)27-10-9-26-24-8-7-19-15-21(36)11-13-30(19,2)25(24)12-14-31(26,27)39;1-11(2)19-15(18)8-6-4-3-5-7-12-9-13(16)10-14(12)17/h3-6,12,15-16,22,24,26-27,39H,1,7-11,13-14,17-18H2,2H3;3,5,11-14,16-17H,4,6-10H2,1-2H3/b;5-3-. The van der Waals surface area contributed by atoms with Crippen molar-refractivity contribution in [3.63, 3.8) is 0 Å². The molecule has 0 amide bonds. The fraction of sp³-hybridized carbons (Fsp3) is 0.617. The minimum absolute atomic E-state index is 0.0432. The lowest BCUT2D eigenvalue weighted by Gasteiger charge is -2.52. The molecular weight excluding hydrogens is 798 g/mol. The molecule has 5 aliphatic carbocycles. The van der Waals surface area contributed by atoms with Crippen LogP contribution in [0.1, 0.15) is 110 Å². The third-order valence-corrected chi connectivity index (χ3v) is 13.0. The van der Waals surface area contributed by atoms with Crippen molar-refractivity contribution in [3.8, 4) is 5.75 Å². The Kier molecular flexibility index (Phi) is 16.2. The number of ether oxygens (including phenoxy) is 4. The highest BCUT2D eigenvalue weighted by atomic mass is 19.4. The Morgan fingerprint density at radius 3 is 2.51 bits per heavy atom. The topological polar surface area (TPSA) is 166 Å². The Bertz CT molecular complexity index is 1830. The molecule has 336 valence electrons. The van der Waals surface area contributed by atoms with Crippen molar-refractivity contribution in [2.45, 2.75) is 140 Å². The van der Waals surface area contributed by atoms with E-state index < -0.39 is 47.9 Å². The maximum Gasteiger partial charge on any atom is 0.509 e. The van der Waals surface area contributed by atoms with Crippen LogP contribution in [0, 0.1) is 29.1 Å². The highest BCUT2D eigenvalue weighted by Crippen LogP contribution is 2.61. The third-order valence-electron chi connectivity index (χ3n) is 13.0. The van der Waals surface area contributed by atoms with Crippen molar-refractivity contribution in [1.82, 2.24) is 0 Å². The molecule has 1 aromatic carbocycles. The number of Topliss-reactive ketones (excluding diaryl/α,β-unsaturated/α-hetero) is 1. The van der Waals surface area contributed by atoms with Gasteiger partial charge in [-0.25, -0.2) is 4.79 Å². The number of aliphatic hydroxyl groups is 3. The van der Waals surface area contributed by atoms with E-state index >= 15 is 0 Å². The summed E-state index contributed by atoms with van der Waals surface area (Å²) >= 11 is 0. The van der Waals surface area contributed by atoms with Gasteiger partial charge in [-0.05, 0) is 133 Å². The fourth-order valence-electron chi connectivity index (χ4n) is 9.85. The first-order chi connectivity index (χ1) is 28.8. The van der Waals surface area contributed by atoms with Crippen LogP contribution >= 0.6 is 0 Å². The van der Waals surface area contributed by atoms with Gasteiger partial charge >= 0.3 is 18.3 Å². The van der Waals surface area contributed by atoms with Crippen LogP contribution in [0.15, 0.2) is 72.4 Å². The molecule has 0 radical (unpaired) electrons. The van der Waals surface area contributed by atoms with Gasteiger partial charge in [0.2, 0.25) is 0 Å². The Morgan fingerprint density at radius 1 is 1.05 bits per heavy atom. The van der Waals surface area contributed by atoms with Gasteiger partial charge in [-0.1, -0.05) is 48.9 Å². The van der Waals surface area contributed by atoms with E-state index in [2.05, 4.69) is 19.6 Å². The molecule has 0 spiro atoms. The first-order valence-electron chi connectivity index (χ1n) is 21.5. The van der Waals surface area contributed by atoms with Gasteiger partial charge in [-0.2, -0.15) is 13.2 Å². The van der Waals surface area contributed by atoms with Crippen molar-refractivity contribution in [2.24, 2.45) is 29.1 Å². The molecule has 0 bridgehead atoms. The minimum Gasteiger partial charge on any atom is -0.489 e. The van der Waals surface area contributed by atoms with Gasteiger partial charge in [0, 0.05) is 18.3 Å². The van der Waals surface area contributed by atoms with Crippen LogP contribution < -0.4 is 4.74 Å². The van der Waals surface area contributed by atoms with Gasteiger partial charge in [0.25, 0.3) is 0 Å². The zero-order valence-electron chi connectivity index (χ0n) is 35.4. The van der Waals surface area contributed by atoms with E-state index in [4.69, 9.17) is 18.9 Å². The molecule has 3 saturated carbocycles. The molecule has 61 heavy (non-hydrogen) atoms. The summed E-state index contributed by atoms with van der Waals surface area (Å²) in [6.07, 6.45) is 10.2. The smallest absolute Gasteiger partial charge is 0.489 e. The quantitative estimate of drug-likeness (QED) is 0.0882. The van der Waals surface area contributed by atoms with Crippen LogP contribution in [0.3, 0.4) is 0 Å².